The van der Waals surface area contributed by atoms with Crippen LogP contribution in [0.15, 0.2) is 52.9 Å². The number of hydrogen-bond acceptors (Lipinski definition) is 2. The van der Waals surface area contributed by atoms with Crippen LogP contribution >= 0.6 is 0 Å². The Morgan fingerprint density at radius 2 is 1.75 bits per heavy atom. The van der Waals surface area contributed by atoms with E-state index in [0.717, 1.165) is 29.5 Å². The molecule has 0 amide bonds. The summed E-state index contributed by atoms with van der Waals surface area (Å²) in [6.45, 7) is 6.71. The van der Waals surface area contributed by atoms with Crippen molar-refractivity contribution >= 4 is 28.4 Å². The first-order chi connectivity index (χ1) is 11.5. The molecule has 122 valence electrons. The minimum absolute atomic E-state index is 0.0625. The van der Waals surface area contributed by atoms with Crippen molar-refractivity contribution in [3.05, 3.63) is 64.7 Å². The average molecular weight is 317 g/mol. The van der Waals surface area contributed by atoms with Crippen LogP contribution in [0.1, 0.15) is 39.2 Å². The van der Waals surface area contributed by atoms with Crippen LogP contribution in [0.4, 0.5) is 5.69 Å². The van der Waals surface area contributed by atoms with Crippen molar-refractivity contribution in [2.45, 2.75) is 39.0 Å². The van der Waals surface area contributed by atoms with Crippen molar-refractivity contribution in [2.24, 2.45) is 0 Å². The number of fused-ring (bicyclic) bond motifs is 3. The van der Waals surface area contributed by atoms with E-state index in [1.54, 1.807) is 0 Å². The van der Waals surface area contributed by atoms with Crippen LogP contribution in [0.25, 0.3) is 22.7 Å². The monoisotopic (exact) mass is 317 g/mol. The summed E-state index contributed by atoms with van der Waals surface area (Å²) in [7, 11) is 0. The number of nitrogens with one attached hydrogen (secondary N) is 1. The molecule has 1 aliphatic carbocycles. The third-order valence-corrected chi connectivity index (χ3v) is 4.65. The Morgan fingerprint density at radius 3 is 2.50 bits per heavy atom. The molecule has 1 aliphatic rings. The molecule has 24 heavy (non-hydrogen) atoms. The minimum atomic E-state index is 0.0625. The zero-order valence-electron chi connectivity index (χ0n) is 14.5. The second kappa shape index (κ2) is 5.55. The summed E-state index contributed by atoms with van der Waals surface area (Å²) in [6.07, 6.45) is 4.33. The van der Waals surface area contributed by atoms with E-state index in [1.807, 2.05) is 6.07 Å². The number of furan rings is 1. The first-order valence-electron chi connectivity index (χ1n) is 8.61. The van der Waals surface area contributed by atoms with Crippen molar-refractivity contribution in [1.82, 2.24) is 0 Å². The molecule has 2 aromatic carbocycles. The molecule has 2 nitrogen and oxygen atoms in total. The fourth-order valence-electron chi connectivity index (χ4n) is 3.45. The van der Waals surface area contributed by atoms with Gasteiger partial charge in [-0.2, -0.15) is 0 Å². The summed E-state index contributed by atoms with van der Waals surface area (Å²) in [6, 6.07) is 16.8. The molecule has 1 heterocycles. The molecule has 1 aromatic heterocycles. The molecule has 0 saturated heterocycles. The standard InChI is InChI=1S/C22H23NO/c1-22(2,3)18-13-7-11-16-17-12-8-14-19(21(17)24-20(16)18)23-15-9-5-4-6-10-15/h4-7,9-13,23H,8,14H2,1-3H3. The molecular formula is C22H23NO. The van der Waals surface area contributed by atoms with E-state index in [9.17, 15) is 0 Å². The van der Waals surface area contributed by atoms with Gasteiger partial charge in [-0.25, -0.2) is 0 Å². The zero-order valence-corrected chi connectivity index (χ0v) is 14.5. The molecule has 0 saturated carbocycles. The Hall–Kier alpha value is -2.48. The van der Waals surface area contributed by atoms with Gasteiger partial charge in [-0.3, -0.25) is 0 Å². The van der Waals surface area contributed by atoms with Gasteiger partial charge >= 0.3 is 0 Å². The zero-order chi connectivity index (χ0) is 16.7. The first-order valence-corrected chi connectivity index (χ1v) is 8.61. The molecule has 4 rings (SSSR count). The lowest BCUT2D eigenvalue weighted by Gasteiger charge is -2.18. The summed E-state index contributed by atoms with van der Waals surface area (Å²) < 4.78 is 6.40. The molecule has 0 unspecified atom stereocenters. The second-order valence-corrected chi connectivity index (χ2v) is 7.49. The van der Waals surface area contributed by atoms with Gasteiger partial charge in [0, 0.05) is 21.9 Å². The van der Waals surface area contributed by atoms with Crippen LogP contribution in [-0.2, 0) is 5.41 Å². The van der Waals surface area contributed by atoms with Gasteiger partial charge in [0.2, 0.25) is 0 Å². The molecule has 0 bridgehead atoms. The van der Waals surface area contributed by atoms with E-state index in [0.29, 0.717) is 0 Å². The van der Waals surface area contributed by atoms with E-state index in [4.69, 9.17) is 4.42 Å². The smallest absolute Gasteiger partial charge is 0.154 e. The number of benzene rings is 2. The normalized spacial score (nSPS) is 14.4. The summed E-state index contributed by atoms with van der Waals surface area (Å²) in [4.78, 5) is 0. The number of hydrogen-bond donors (Lipinski definition) is 1. The van der Waals surface area contributed by atoms with E-state index >= 15 is 0 Å². The number of anilines is 1. The van der Waals surface area contributed by atoms with Crippen LogP contribution in [0.3, 0.4) is 0 Å². The Morgan fingerprint density at radius 1 is 0.958 bits per heavy atom. The second-order valence-electron chi connectivity index (χ2n) is 7.49. The predicted molar refractivity (Wildman–Crippen MR) is 101 cm³/mol. The maximum Gasteiger partial charge on any atom is 0.154 e. The molecule has 0 spiro atoms. The maximum absolute atomic E-state index is 6.40. The van der Waals surface area contributed by atoms with Gasteiger partial charge in [0.1, 0.15) is 5.58 Å². The summed E-state index contributed by atoms with van der Waals surface area (Å²) >= 11 is 0. The minimum Gasteiger partial charge on any atom is -0.454 e. The Balaban J connectivity index is 1.97. The third-order valence-electron chi connectivity index (χ3n) is 4.65. The highest BCUT2D eigenvalue weighted by molar-refractivity contribution is 5.84. The lowest BCUT2D eigenvalue weighted by Crippen LogP contribution is -2.28. The lowest BCUT2D eigenvalue weighted by molar-refractivity contribution is 0.536. The Kier molecular flexibility index (Phi) is 3.49. The summed E-state index contributed by atoms with van der Waals surface area (Å²) in [5.74, 6) is 0. The molecule has 0 aliphatic heterocycles. The molecule has 0 atom stereocenters. The topological polar surface area (TPSA) is 25.2 Å². The van der Waals surface area contributed by atoms with Gasteiger partial charge in [0.05, 0.1) is 5.70 Å². The highest BCUT2D eigenvalue weighted by Crippen LogP contribution is 2.29. The van der Waals surface area contributed by atoms with Crippen LogP contribution in [0.2, 0.25) is 0 Å². The predicted octanol–water partition coefficient (Wildman–Crippen LogP) is 4.52. The van der Waals surface area contributed by atoms with Gasteiger partial charge in [-0.1, -0.05) is 63.2 Å². The van der Waals surface area contributed by atoms with Crippen LogP contribution in [0, 0.1) is 0 Å². The van der Waals surface area contributed by atoms with Gasteiger partial charge in [-0.05, 0) is 30.4 Å². The van der Waals surface area contributed by atoms with E-state index in [2.05, 4.69) is 74.6 Å². The largest absolute Gasteiger partial charge is 0.454 e. The molecule has 0 radical (unpaired) electrons. The van der Waals surface area contributed by atoms with Gasteiger partial charge < -0.3 is 9.73 Å². The molecule has 0 fully saturated rings. The fourth-order valence-corrected chi connectivity index (χ4v) is 3.45. The van der Waals surface area contributed by atoms with Gasteiger partial charge in [0.15, 0.2) is 5.42 Å². The van der Waals surface area contributed by atoms with Gasteiger partial charge in [0.25, 0.3) is 0 Å². The van der Waals surface area contributed by atoms with Gasteiger partial charge in [-0.15, -0.1) is 0 Å². The van der Waals surface area contributed by atoms with Crippen molar-refractivity contribution in [2.75, 3.05) is 5.32 Å². The van der Waals surface area contributed by atoms with Crippen LogP contribution in [-0.4, -0.2) is 0 Å². The van der Waals surface area contributed by atoms with Crippen molar-refractivity contribution in [3.63, 3.8) is 0 Å². The first kappa shape index (κ1) is 15.1. The van der Waals surface area contributed by atoms with Crippen molar-refractivity contribution < 1.29 is 4.42 Å². The SMILES string of the molecule is CC(C)(C)c1cccc2c3c(oc12)=C(Nc1ccccc1)CCC=3. The van der Waals surface area contributed by atoms with E-state index in [1.165, 1.54) is 21.9 Å². The van der Waals surface area contributed by atoms with Crippen LogP contribution in [0.5, 0.6) is 0 Å². The molecule has 3 aromatic rings. The lowest BCUT2D eigenvalue weighted by atomic mass is 9.86. The third kappa shape index (κ3) is 2.52. The van der Waals surface area contributed by atoms with Crippen molar-refractivity contribution in [1.29, 1.82) is 0 Å². The molecule has 2 heteroatoms. The summed E-state index contributed by atoms with van der Waals surface area (Å²) in [5, 5.41) is 6.02. The average Bonchev–Trinajstić information content (AvgIpc) is 2.95. The van der Waals surface area contributed by atoms with E-state index in [-0.39, 0.29) is 5.41 Å². The number of para-hydroxylation sites is 2. The quantitative estimate of drug-likeness (QED) is 0.751. The Bertz CT molecular complexity index is 1000. The molecular weight excluding hydrogens is 294 g/mol. The fraction of sp³-hybridized carbons (Fsp3) is 0.273. The number of rotatable bonds is 2. The van der Waals surface area contributed by atoms with Crippen LogP contribution < -0.4 is 16.0 Å². The summed E-state index contributed by atoms with van der Waals surface area (Å²) in [5.41, 5.74) is 5.64. The molecule has 1 N–H and O–H groups in total. The van der Waals surface area contributed by atoms with Crippen molar-refractivity contribution in [3.8, 4) is 0 Å². The maximum atomic E-state index is 6.40. The Labute approximate surface area is 142 Å². The van der Waals surface area contributed by atoms with E-state index < -0.39 is 0 Å². The highest BCUT2D eigenvalue weighted by atomic mass is 16.3. The highest BCUT2D eigenvalue weighted by Gasteiger charge is 2.21.